The Bertz CT molecular complexity index is 750. The maximum atomic E-state index is 12.3. The Hall–Kier alpha value is -2.62. The smallest absolute Gasteiger partial charge is 0.265 e. The number of ketones is 1. The third-order valence-electron chi connectivity index (χ3n) is 4.01. The van der Waals surface area contributed by atoms with Crippen LogP contribution in [0.4, 0.5) is 5.69 Å². The highest BCUT2D eigenvalue weighted by atomic mass is 16.5. The van der Waals surface area contributed by atoms with Gasteiger partial charge in [0.1, 0.15) is 5.75 Å². The fourth-order valence-corrected chi connectivity index (χ4v) is 2.63. The van der Waals surface area contributed by atoms with Crippen molar-refractivity contribution in [1.29, 1.82) is 0 Å². The number of rotatable bonds is 4. The van der Waals surface area contributed by atoms with Crippen LogP contribution >= 0.6 is 0 Å². The standard InChI is InChI=1S/C19H19NO3/c1-3-17(21)15-8-9-18-16(10-15)20(19(22)12-23-18)11-14-6-4-13(2)5-7-14/h4-10H,3,11-12H2,1-2H3. The van der Waals surface area contributed by atoms with Crippen LogP contribution in [0.5, 0.6) is 5.75 Å². The summed E-state index contributed by atoms with van der Waals surface area (Å²) in [6.45, 7) is 4.36. The number of Topliss-reactive ketones (excluding diaryl/α,β-unsaturated/α-hetero) is 1. The number of amides is 1. The molecule has 23 heavy (non-hydrogen) atoms. The molecule has 0 atom stereocenters. The van der Waals surface area contributed by atoms with E-state index >= 15 is 0 Å². The van der Waals surface area contributed by atoms with Crippen molar-refractivity contribution < 1.29 is 14.3 Å². The highest BCUT2D eigenvalue weighted by Gasteiger charge is 2.26. The molecular formula is C19H19NO3. The Morgan fingerprint density at radius 2 is 1.91 bits per heavy atom. The Morgan fingerprint density at radius 1 is 1.17 bits per heavy atom. The topological polar surface area (TPSA) is 46.6 Å². The molecule has 0 saturated carbocycles. The zero-order chi connectivity index (χ0) is 16.4. The minimum atomic E-state index is -0.0980. The van der Waals surface area contributed by atoms with E-state index in [4.69, 9.17) is 4.74 Å². The number of aryl methyl sites for hydroxylation is 1. The second-order valence-corrected chi connectivity index (χ2v) is 5.71. The first-order valence-electron chi connectivity index (χ1n) is 7.74. The van der Waals surface area contributed by atoms with Crippen LogP contribution in [-0.2, 0) is 11.3 Å². The van der Waals surface area contributed by atoms with E-state index in [9.17, 15) is 9.59 Å². The summed E-state index contributed by atoms with van der Waals surface area (Å²) in [6.07, 6.45) is 0.436. The van der Waals surface area contributed by atoms with Gasteiger partial charge < -0.3 is 9.64 Å². The SMILES string of the molecule is CCC(=O)c1ccc2c(c1)N(Cc1ccc(C)cc1)C(=O)CO2. The summed E-state index contributed by atoms with van der Waals surface area (Å²) in [4.78, 5) is 25.9. The van der Waals surface area contributed by atoms with E-state index in [-0.39, 0.29) is 18.3 Å². The maximum Gasteiger partial charge on any atom is 0.265 e. The molecule has 0 aromatic heterocycles. The van der Waals surface area contributed by atoms with E-state index in [1.807, 2.05) is 38.1 Å². The van der Waals surface area contributed by atoms with Crippen LogP contribution in [0.15, 0.2) is 42.5 Å². The van der Waals surface area contributed by atoms with Crippen LogP contribution in [-0.4, -0.2) is 18.3 Å². The number of hydrogen-bond donors (Lipinski definition) is 0. The summed E-state index contributed by atoms with van der Waals surface area (Å²) in [5.74, 6) is 0.602. The Balaban J connectivity index is 1.96. The highest BCUT2D eigenvalue weighted by Crippen LogP contribution is 2.34. The van der Waals surface area contributed by atoms with Gasteiger partial charge in [0, 0.05) is 12.0 Å². The minimum Gasteiger partial charge on any atom is -0.482 e. The molecule has 0 bridgehead atoms. The molecule has 1 heterocycles. The van der Waals surface area contributed by atoms with Crippen molar-refractivity contribution in [3.63, 3.8) is 0 Å². The molecule has 2 aromatic rings. The summed E-state index contributed by atoms with van der Waals surface area (Å²) < 4.78 is 5.49. The molecule has 4 heteroatoms. The van der Waals surface area contributed by atoms with Crippen molar-refractivity contribution >= 4 is 17.4 Å². The average Bonchev–Trinajstić information content (AvgIpc) is 2.58. The van der Waals surface area contributed by atoms with Gasteiger partial charge in [-0.1, -0.05) is 36.8 Å². The van der Waals surface area contributed by atoms with Crippen LogP contribution in [0.25, 0.3) is 0 Å². The number of anilines is 1. The quantitative estimate of drug-likeness (QED) is 0.812. The highest BCUT2D eigenvalue weighted by molar-refractivity contribution is 6.01. The van der Waals surface area contributed by atoms with Crippen LogP contribution in [0.1, 0.15) is 34.8 Å². The molecule has 1 aliphatic heterocycles. The third kappa shape index (κ3) is 3.11. The molecule has 4 nitrogen and oxygen atoms in total. The lowest BCUT2D eigenvalue weighted by Gasteiger charge is -2.30. The molecule has 0 saturated heterocycles. The van der Waals surface area contributed by atoms with Gasteiger partial charge in [0.25, 0.3) is 5.91 Å². The fraction of sp³-hybridized carbons (Fsp3) is 0.263. The van der Waals surface area contributed by atoms with Crippen molar-refractivity contribution in [3.8, 4) is 5.75 Å². The van der Waals surface area contributed by atoms with Gasteiger partial charge in [0.05, 0.1) is 12.2 Å². The molecule has 1 aliphatic rings. The minimum absolute atomic E-state index is 0.0277. The summed E-state index contributed by atoms with van der Waals surface area (Å²) in [5, 5.41) is 0. The monoisotopic (exact) mass is 309 g/mol. The van der Waals surface area contributed by atoms with E-state index in [0.717, 1.165) is 5.56 Å². The summed E-state index contributed by atoms with van der Waals surface area (Å²) in [5.41, 5.74) is 3.50. The molecule has 3 rings (SSSR count). The van der Waals surface area contributed by atoms with Gasteiger partial charge in [0.15, 0.2) is 12.4 Å². The van der Waals surface area contributed by atoms with Crippen molar-refractivity contribution in [2.24, 2.45) is 0 Å². The van der Waals surface area contributed by atoms with E-state index in [1.165, 1.54) is 5.56 Å². The van der Waals surface area contributed by atoms with Gasteiger partial charge in [-0.05, 0) is 30.7 Å². The second kappa shape index (κ2) is 6.24. The van der Waals surface area contributed by atoms with Gasteiger partial charge in [0.2, 0.25) is 0 Å². The normalized spacial score (nSPS) is 13.5. The van der Waals surface area contributed by atoms with Crippen molar-refractivity contribution in [2.45, 2.75) is 26.8 Å². The van der Waals surface area contributed by atoms with Crippen molar-refractivity contribution in [1.82, 2.24) is 0 Å². The molecule has 0 fully saturated rings. The van der Waals surface area contributed by atoms with E-state index in [1.54, 1.807) is 23.1 Å². The zero-order valence-electron chi connectivity index (χ0n) is 13.3. The lowest BCUT2D eigenvalue weighted by Crippen LogP contribution is -2.38. The molecule has 0 aliphatic carbocycles. The number of benzene rings is 2. The largest absolute Gasteiger partial charge is 0.482 e. The first-order valence-corrected chi connectivity index (χ1v) is 7.74. The third-order valence-corrected chi connectivity index (χ3v) is 4.01. The Labute approximate surface area is 135 Å². The fourth-order valence-electron chi connectivity index (χ4n) is 2.63. The molecule has 0 radical (unpaired) electrons. The van der Waals surface area contributed by atoms with Gasteiger partial charge in [-0.25, -0.2) is 0 Å². The molecule has 2 aromatic carbocycles. The summed E-state index contributed by atoms with van der Waals surface area (Å²) in [6, 6.07) is 13.4. The Morgan fingerprint density at radius 3 is 2.61 bits per heavy atom. The first kappa shape index (κ1) is 15.3. The second-order valence-electron chi connectivity index (χ2n) is 5.71. The average molecular weight is 309 g/mol. The van der Waals surface area contributed by atoms with Crippen LogP contribution in [0.2, 0.25) is 0 Å². The molecular weight excluding hydrogens is 290 g/mol. The predicted molar refractivity (Wildman–Crippen MR) is 88.9 cm³/mol. The Kier molecular flexibility index (Phi) is 4.15. The van der Waals surface area contributed by atoms with Gasteiger partial charge in [-0.15, -0.1) is 0 Å². The van der Waals surface area contributed by atoms with E-state index in [2.05, 4.69) is 0 Å². The summed E-state index contributed by atoms with van der Waals surface area (Å²) in [7, 11) is 0. The van der Waals surface area contributed by atoms with Crippen LogP contribution in [0.3, 0.4) is 0 Å². The number of nitrogens with zero attached hydrogens (tertiary/aromatic N) is 1. The number of hydrogen-bond acceptors (Lipinski definition) is 3. The van der Waals surface area contributed by atoms with Gasteiger partial charge in [-0.3, -0.25) is 9.59 Å². The van der Waals surface area contributed by atoms with Crippen molar-refractivity contribution in [2.75, 3.05) is 11.5 Å². The number of carbonyl (C=O) groups is 2. The van der Waals surface area contributed by atoms with E-state index < -0.39 is 0 Å². The number of ether oxygens (including phenoxy) is 1. The molecule has 118 valence electrons. The molecule has 0 N–H and O–H groups in total. The zero-order valence-corrected chi connectivity index (χ0v) is 13.3. The molecule has 0 spiro atoms. The lowest BCUT2D eigenvalue weighted by atomic mass is 10.1. The number of carbonyl (C=O) groups excluding carboxylic acids is 2. The lowest BCUT2D eigenvalue weighted by molar-refractivity contribution is -0.121. The van der Waals surface area contributed by atoms with Crippen molar-refractivity contribution in [3.05, 3.63) is 59.2 Å². The number of fused-ring (bicyclic) bond motifs is 1. The van der Waals surface area contributed by atoms with Crippen LogP contribution in [0, 0.1) is 6.92 Å². The van der Waals surface area contributed by atoms with Gasteiger partial charge >= 0.3 is 0 Å². The molecule has 1 amide bonds. The summed E-state index contributed by atoms with van der Waals surface area (Å²) >= 11 is 0. The first-order chi connectivity index (χ1) is 11.1. The maximum absolute atomic E-state index is 12.3. The van der Waals surface area contributed by atoms with Crippen LogP contribution < -0.4 is 9.64 Å². The van der Waals surface area contributed by atoms with Gasteiger partial charge in [-0.2, -0.15) is 0 Å². The molecule has 0 unspecified atom stereocenters. The predicted octanol–water partition coefficient (Wildman–Crippen LogP) is 3.51. The van der Waals surface area contributed by atoms with E-state index in [0.29, 0.717) is 30.0 Å².